The van der Waals surface area contributed by atoms with E-state index in [0.717, 1.165) is 36.1 Å². The Bertz CT molecular complexity index is 1090. The van der Waals surface area contributed by atoms with Crippen molar-refractivity contribution in [2.75, 3.05) is 6.61 Å². The van der Waals surface area contributed by atoms with Gasteiger partial charge in [0.15, 0.2) is 6.61 Å². The number of nitrogens with zero attached hydrogens (tertiary/aromatic N) is 2. The second-order valence-corrected chi connectivity index (χ2v) is 7.98. The fraction of sp³-hybridized carbons (Fsp3) is 0.320. The van der Waals surface area contributed by atoms with Crippen molar-refractivity contribution in [3.63, 3.8) is 0 Å². The summed E-state index contributed by atoms with van der Waals surface area (Å²) in [5.74, 6) is -0.810. The summed E-state index contributed by atoms with van der Waals surface area (Å²) in [6.07, 6.45) is 2.95. The Morgan fingerprint density at radius 2 is 1.84 bits per heavy atom. The second kappa shape index (κ2) is 9.16. The summed E-state index contributed by atoms with van der Waals surface area (Å²) in [4.78, 5) is 25.2. The van der Waals surface area contributed by atoms with Crippen molar-refractivity contribution >= 4 is 11.9 Å². The average molecular weight is 418 g/mol. The third-order valence-corrected chi connectivity index (χ3v) is 5.80. The first-order chi connectivity index (χ1) is 15.0. The molecule has 1 aromatic heterocycles. The first-order valence-electron chi connectivity index (χ1n) is 10.6. The lowest BCUT2D eigenvalue weighted by Crippen LogP contribution is -2.34. The molecule has 1 aliphatic carbocycles. The smallest absolute Gasteiger partial charge is 0.342 e. The van der Waals surface area contributed by atoms with Crippen LogP contribution < -0.4 is 5.32 Å². The van der Waals surface area contributed by atoms with E-state index in [-0.39, 0.29) is 18.6 Å². The number of rotatable bonds is 6. The van der Waals surface area contributed by atoms with Crippen molar-refractivity contribution < 1.29 is 14.3 Å². The molecule has 0 unspecified atom stereocenters. The van der Waals surface area contributed by atoms with Crippen molar-refractivity contribution in [1.29, 1.82) is 0 Å². The van der Waals surface area contributed by atoms with Gasteiger partial charge in [0.05, 0.1) is 24.0 Å². The summed E-state index contributed by atoms with van der Waals surface area (Å²) in [7, 11) is 0. The van der Waals surface area contributed by atoms with Crippen molar-refractivity contribution in [2.45, 2.75) is 45.7 Å². The minimum atomic E-state index is -0.520. The van der Waals surface area contributed by atoms with E-state index < -0.39 is 5.97 Å². The van der Waals surface area contributed by atoms with Crippen LogP contribution in [0.1, 0.15) is 57.3 Å². The highest BCUT2D eigenvalue weighted by atomic mass is 16.5. The largest absolute Gasteiger partial charge is 0.452 e. The molecule has 6 nitrogen and oxygen atoms in total. The third kappa shape index (κ3) is 4.68. The highest BCUT2D eigenvalue weighted by Crippen LogP contribution is 2.29. The van der Waals surface area contributed by atoms with E-state index in [1.54, 1.807) is 11.6 Å². The maximum atomic E-state index is 12.7. The molecule has 4 rings (SSSR count). The fourth-order valence-electron chi connectivity index (χ4n) is 4.25. The van der Waals surface area contributed by atoms with E-state index in [1.807, 2.05) is 49.4 Å². The van der Waals surface area contributed by atoms with Crippen LogP contribution in [0.2, 0.25) is 0 Å². The van der Waals surface area contributed by atoms with Crippen molar-refractivity contribution in [3.8, 4) is 0 Å². The predicted molar refractivity (Wildman–Crippen MR) is 118 cm³/mol. The van der Waals surface area contributed by atoms with Crippen LogP contribution in [0.25, 0.3) is 0 Å². The Morgan fingerprint density at radius 1 is 1.10 bits per heavy atom. The summed E-state index contributed by atoms with van der Waals surface area (Å²) in [6, 6.07) is 18.1. The number of aromatic nitrogens is 2. The number of amides is 1. The first-order valence-corrected chi connectivity index (χ1v) is 10.6. The molecule has 1 N–H and O–H groups in total. The summed E-state index contributed by atoms with van der Waals surface area (Å²) in [5, 5.41) is 7.50. The minimum absolute atomic E-state index is 0.0340. The van der Waals surface area contributed by atoms with Gasteiger partial charge >= 0.3 is 5.97 Å². The molecular weight excluding hydrogens is 390 g/mol. The van der Waals surface area contributed by atoms with Crippen LogP contribution in [0.3, 0.4) is 0 Å². The van der Waals surface area contributed by atoms with Crippen LogP contribution in [0.15, 0.2) is 54.6 Å². The summed E-state index contributed by atoms with van der Waals surface area (Å²) in [5.41, 5.74) is 5.27. The molecule has 0 fully saturated rings. The molecule has 0 saturated heterocycles. The molecule has 31 heavy (non-hydrogen) atoms. The number of fused-ring (bicyclic) bond motifs is 1. The van der Waals surface area contributed by atoms with E-state index in [0.29, 0.717) is 17.8 Å². The van der Waals surface area contributed by atoms with Gasteiger partial charge in [-0.3, -0.25) is 9.48 Å². The molecule has 1 atom stereocenters. The van der Waals surface area contributed by atoms with Crippen molar-refractivity contribution in [3.05, 3.63) is 88.2 Å². The van der Waals surface area contributed by atoms with Gasteiger partial charge in [0.1, 0.15) is 5.56 Å². The highest BCUT2D eigenvalue weighted by molar-refractivity contribution is 5.93. The van der Waals surface area contributed by atoms with Gasteiger partial charge < -0.3 is 10.1 Å². The first kappa shape index (κ1) is 20.8. The van der Waals surface area contributed by atoms with Crippen molar-refractivity contribution in [2.24, 2.45) is 0 Å². The zero-order chi connectivity index (χ0) is 21.8. The van der Waals surface area contributed by atoms with Gasteiger partial charge in [-0.15, -0.1) is 0 Å². The predicted octanol–water partition coefficient (Wildman–Crippen LogP) is 3.90. The van der Waals surface area contributed by atoms with Crippen LogP contribution in [0, 0.1) is 13.8 Å². The second-order valence-electron chi connectivity index (χ2n) is 7.98. The molecule has 2 aromatic carbocycles. The zero-order valence-electron chi connectivity index (χ0n) is 17.9. The molecule has 0 bridgehead atoms. The Morgan fingerprint density at radius 3 is 2.65 bits per heavy atom. The highest BCUT2D eigenvalue weighted by Gasteiger charge is 2.24. The van der Waals surface area contributed by atoms with Crippen LogP contribution in [0.5, 0.6) is 0 Å². The van der Waals surface area contributed by atoms with Gasteiger partial charge in [0.2, 0.25) is 0 Å². The molecule has 0 saturated carbocycles. The van der Waals surface area contributed by atoms with Gasteiger partial charge in [-0.05, 0) is 49.8 Å². The number of aryl methyl sites for hydroxylation is 2. The van der Waals surface area contributed by atoms with Gasteiger partial charge in [-0.1, -0.05) is 54.6 Å². The van der Waals surface area contributed by atoms with Crippen molar-refractivity contribution in [1.82, 2.24) is 15.1 Å². The SMILES string of the molecule is Cc1nn(Cc2ccccc2)c(C)c1C(=O)OCC(=O)N[C@H]1CCCc2ccccc21. The molecule has 0 spiro atoms. The van der Waals surface area contributed by atoms with Gasteiger partial charge in [0.25, 0.3) is 5.91 Å². The minimum Gasteiger partial charge on any atom is -0.452 e. The van der Waals surface area contributed by atoms with E-state index in [4.69, 9.17) is 4.74 Å². The number of ether oxygens (including phenoxy) is 1. The monoisotopic (exact) mass is 417 g/mol. The molecule has 160 valence electrons. The molecule has 1 amide bonds. The lowest BCUT2D eigenvalue weighted by Gasteiger charge is -2.26. The summed E-state index contributed by atoms with van der Waals surface area (Å²) >= 11 is 0. The van der Waals surface area contributed by atoms with Crippen LogP contribution in [0.4, 0.5) is 0 Å². The van der Waals surface area contributed by atoms with Gasteiger partial charge in [0, 0.05) is 0 Å². The lowest BCUT2D eigenvalue weighted by molar-refractivity contribution is -0.125. The van der Waals surface area contributed by atoms with Crippen LogP contribution in [-0.4, -0.2) is 28.3 Å². The number of hydrogen-bond acceptors (Lipinski definition) is 4. The van der Waals surface area contributed by atoms with Gasteiger partial charge in [-0.25, -0.2) is 4.79 Å². The molecule has 0 aliphatic heterocycles. The normalized spacial score (nSPS) is 15.2. The maximum absolute atomic E-state index is 12.7. The Labute approximate surface area is 182 Å². The number of hydrogen-bond donors (Lipinski definition) is 1. The third-order valence-electron chi connectivity index (χ3n) is 5.80. The molecule has 6 heteroatoms. The van der Waals surface area contributed by atoms with E-state index in [9.17, 15) is 9.59 Å². The van der Waals surface area contributed by atoms with Crippen LogP contribution >= 0.6 is 0 Å². The fourth-order valence-corrected chi connectivity index (χ4v) is 4.25. The Hall–Kier alpha value is -3.41. The quantitative estimate of drug-likeness (QED) is 0.618. The molecule has 1 heterocycles. The van der Waals surface area contributed by atoms with E-state index in [2.05, 4.69) is 22.5 Å². The van der Waals surface area contributed by atoms with Crippen LogP contribution in [-0.2, 0) is 22.5 Å². The number of carbonyl (C=O) groups excluding carboxylic acids is 2. The number of carbonyl (C=O) groups is 2. The summed E-state index contributed by atoms with van der Waals surface area (Å²) in [6.45, 7) is 3.89. The Balaban J connectivity index is 1.37. The molecular formula is C25H27N3O3. The topological polar surface area (TPSA) is 73.2 Å². The van der Waals surface area contributed by atoms with E-state index in [1.165, 1.54) is 5.56 Å². The van der Waals surface area contributed by atoms with Gasteiger partial charge in [-0.2, -0.15) is 5.10 Å². The number of nitrogens with one attached hydrogen (secondary N) is 1. The zero-order valence-corrected chi connectivity index (χ0v) is 17.9. The maximum Gasteiger partial charge on any atom is 0.342 e. The molecule has 0 radical (unpaired) electrons. The Kier molecular flexibility index (Phi) is 6.16. The standard InChI is InChI=1S/C25H27N3O3/c1-17-24(18(2)28(27-17)15-19-9-4-3-5-10-19)25(30)31-16-23(29)26-22-14-8-12-20-11-6-7-13-21(20)22/h3-7,9-11,13,22H,8,12,14-16H2,1-2H3,(H,26,29)/t22-/m0/s1. The summed E-state index contributed by atoms with van der Waals surface area (Å²) < 4.78 is 7.13. The number of esters is 1. The molecule has 3 aromatic rings. The lowest BCUT2D eigenvalue weighted by atomic mass is 9.88. The molecule has 1 aliphatic rings. The average Bonchev–Trinajstić information content (AvgIpc) is 3.06. The van der Waals surface area contributed by atoms with E-state index >= 15 is 0 Å². The number of benzene rings is 2.